The molecule has 0 radical (unpaired) electrons. The van der Waals surface area contributed by atoms with Crippen LogP contribution in [0.25, 0.3) is 11.3 Å². The summed E-state index contributed by atoms with van der Waals surface area (Å²) in [5.41, 5.74) is 0.0744. The number of nitrogens with zero attached hydrogens (tertiary/aromatic N) is 2. The highest BCUT2D eigenvalue weighted by molar-refractivity contribution is 5.57. The van der Waals surface area contributed by atoms with E-state index in [4.69, 9.17) is 9.68 Å². The van der Waals surface area contributed by atoms with E-state index < -0.39 is 11.6 Å². The zero-order valence-electron chi connectivity index (χ0n) is 7.37. The average Bonchev–Trinajstić information content (AvgIpc) is 2.66. The van der Waals surface area contributed by atoms with Gasteiger partial charge in [-0.2, -0.15) is 5.26 Å². The third-order valence-corrected chi connectivity index (χ3v) is 1.80. The van der Waals surface area contributed by atoms with Crippen LogP contribution in [0.2, 0.25) is 0 Å². The second-order valence-electron chi connectivity index (χ2n) is 2.77. The molecule has 0 spiro atoms. The third-order valence-electron chi connectivity index (χ3n) is 1.80. The van der Waals surface area contributed by atoms with E-state index in [1.54, 1.807) is 6.07 Å². The predicted molar refractivity (Wildman–Crippen MR) is 46.6 cm³/mol. The minimum absolute atomic E-state index is 0.0744. The maximum Gasteiger partial charge on any atom is 0.301 e. The van der Waals surface area contributed by atoms with Gasteiger partial charge in [0.25, 0.3) is 0 Å². The summed E-state index contributed by atoms with van der Waals surface area (Å²) in [5.74, 6) is -1.48. The Morgan fingerprint density at radius 1 is 1.33 bits per heavy atom. The topological polar surface area (TPSA) is 49.8 Å². The number of rotatable bonds is 1. The van der Waals surface area contributed by atoms with Gasteiger partial charge in [0.2, 0.25) is 0 Å². The van der Waals surface area contributed by atoms with Crippen LogP contribution in [0.15, 0.2) is 28.8 Å². The number of benzene rings is 1. The van der Waals surface area contributed by atoms with Crippen LogP contribution in [-0.4, -0.2) is 4.98 Å². The first-order valence-corrected chi connectivity index (χ1v) is 4.02. The van der Waals surface area contributed by atoms with Gasteiger partial charge in [-0.15, -0.1) is 0 Å². The highest BCUT2D eigenvalue weighted by Gasteiger charge is 2.11. The van der Waals surface area contributed by atoms with Gasteiger partial charge >= 0.3 is 5.89 Å². The van der Waals surface area contributed by atoms with Crippen LogP contribution in [0, 0.1) is 23.0 Å². The number of halogens is 2. The van der Waals surface area contributed by atoms with Gasteiger partial charge < -0.3 is 4.42 Å². The van der Waals surface area contributed by atoms with Crippen LogP contribution in [0.3, 0.4) is 0 Å². The van der Waals surface area contributed by atoms with E-state index in [0.717, 1.165) is 12.1 Å². The number of nitriles is 1. The molecule has 1 aromatic carbocycles. The van der Waals surface area contributed by atoms with E-state index in [0.29, 0.717) is 0 Å². The number of aromatic nitrogens is 1. The van der Waals surface area contributed by atoms with Gasteiger partial charge in [0.1, 0.15) is 11.6 Å². The summed E-state index contributed by atoms with van der Waals surface area (Å²) in [6, 6.07) is 4.75. The number of hydrogen-bond donors (Lipinski definition) is 0. The molecule has 15 heavy (non-hydrogen) atoms. The molecule has 0 saturated heterocycles. The van der Waals surface area contributed by atoms with Crippen molar-refractivity contribution in [1.82, 2.24) is 4.98 Å². The first-order valence-electron chi connectivity index (χ1n) is 4.02. The molecule has 3 nitrogen and oxygen atoms in total. The summed E-state index contributed by atoms with van der Waals surface area (Å²) in [5, 5.41) is 8.45. The van der Waals surface area contributed by atoms with Crippen LogP contribution >= 0.6 is 0 Å². The van der Waals surface area contributed by atoms with Crippen LogP contribution in [0.4, 0.5) is 8.78 Å². The standard InChI is InChI=1S/C10H4F2N2O/c11-6-1-2-7(8(12)3-6)9-5-14-10(4-13)15-9/h1-3,5H. The van der Waals surface area contributed by atoms with Crippen molar-refractivity contribution in [2.45, 2.75) is 0 Å². The number of hydrogen-bond acceptors (Lipinski definition) is 3. The lowest BCUT2D eigenvalue weighted by molar-refractivity contribution is 0.543. The third kappa shape index (κ3) is 1.70. The number of oxazole rings is 1. The molecule has 0 fully saturated rings. The van der Waals surface area contributed by atoms with Gasteiger partial charge in [0.05, 0.1) is 11.8 Å². The zero-order chi connectivity index (χ0) is 10.8. The van der Waals surface area contributed by atoms with E-state index in [1.165, 1.54) is 12.3 Å². The van der Waals surface area contributed by atoms with E-state index >= 15 is 0 Å². The molecule has 0 aliphatic carbocycles. The quantitative estimate of drug-likeness (QED) is 0.720. The summed E-state index contributed by atoms with van der Waals surface area (Å²) in [6.07, 6.45) is 1.22. The summed E-state index contributed by atoms with van der Waals surface area (Å²) in [4.78, 5) is 3.59. The van der Waals surface area contributed by atoms with Gasteiger partial charge in [0, 0.05) is 6.07 Å². The largest absolute Gasteiger partial charge is 0.428 e. The van der Waals surface area contributed by atoms with E-state index in [9.17, 15) is 8.78 Å². The van der Waals surface area contributed by atoms with Gasteiger partial charge in [-0.1, -0.05) is 0 Å². The lowest BCUT2D eigenvalue weighted by Crippen LogP contribution is -1.84. The minimum Gasteiger partial charge on any atom is -0.428 e. The molecule has 0 aliphatic heterocycles. The Kier molecular flexibility index (Phi) is 2.18. The molecule has 0 N–H and O–H groups in total. The van der Waals surface area contributed by atoms with E-state index in [-0.39, 0.29) is 17.2 Å². The average molecular weight is 206 g/mol. The van der Waals surface area contributed by atoms with Crippen molar-refractivity contribution in [1.29, 1.82) is 5.26 Å². The lowest BCUT2D eigenvalue weighted by Gasteiger charge is -1.97. The highest BCUT2D eigenvalue weighted by Crippen LogP contribution is 2.23. The molecule has 74 valence electrons. The Bertz CT molecular complexity index is 543. The van der Waals surface area contributed by atoms with Crippen LogP contribution in [-0.2, 0) is 0 Å². The summed E-state index contributed by atoms with van der Waals surface area (Å²) < 4.78 is 30.7. The highest BCUT2D eigenvalue weighted by atomic mass is 19.1. The summed E-state index contributed by atoms with van der Waals surface area (Å²) >= 11 is 0. The van der Waals surface area contributed by atoms with Crippen LogP contribution in [0.5, 0.6) is 0 Å². The van der Waals surface area contributed by atoms with Crippen LogP contribution < -0.4 is 0 Å². The smallest absolute Gasteiger partial charge is 0.301 e. The molecular formula is C10H4F2N2O. The lowest BCUT2D eigenvalue weighted by atomic mass is 10.2. The minimum atomic E-state index is -0.754. The fourth-order valence-electron chi connectivity index (χ4n) is 1.14. The maximum absolute atomic E-state index is 13.2. The van der Waals surface area contributed by atoms with Crippen molar-refractivity contribution in [3.63, 3.8) is 0 Å². The molecule has 0 atom stereocenters. The zero-order valence-corrected chi connectivity index (χ0v) is 7.37. The normalized spacial score (nSPS) is 9.93. The Morgan fingerprint density at radius 3 is 2.73 bits per heavy atom. The molecule has 1 heterocycles. The molecule has 0 bridgehead atoms. The van der Waals surface area contributed by atoms with Gasteiger partial charge in [0.15, 0.2) is 11.8 Å². The maximum atomic E-state index is 13.2. The Hall–Kier alpha value is -2.22. The molecule has 2 aromatic rings. The second kappa shape index (κ2) is 3.50. The first-order chi connectivity index (χ1) is 7.20. The van der Waals surface area contributed by atoms with Gasteiger partial charge in [-0.25, -0.2) is 13.8 Å². The van der Waals surface area contributed by atoms with Crippen molar-refractivity contribution in [3.05, 3.63) is 41.9 Å². The molecule has 2 rings (SSSR count). The van der Waals surface area contributed by atoms with Crippen molar-refractivity contribution < 1.29 is 13.2 Å². The van der Waals surface area contributed by atoms with E-state index in [1.807, 2.05) is 0 Å². The molecule has 1 aromatic heterocycles. The Morgan fingerprint density at radius 2 is 2.13 bits per heavy atom. The monoisotopic (exact) mass is 206 g/mol. The van der Waals surface area contributed by atoms with Crippen molar-refractivity contribution >= 4 is 0 Å². The summed E-state index contributed by atoms with van der Waals surface area (Å²) in [7, 11) is 0. The summed E-state index contributed by atoms with van der Waals surface area (Å²) in [6.45, 7) is 0. The van der Waals surface area contributed by atoms with Crippen molar-refractivity contribution in [2.75, 3.05) is 0 Å². The molecule has 5 heteroatoms. The Labute approximate surface area is 83.6 Å². The van der Waals surface area contributed by atoms with Crippen molar-refractivity contribution in [2.24, 2.45) is 0 Å². The second-order valence-corrected chi connectivity index (χ2v) is 2.77. The Balaban J connectivity index is 2.50. The molecule has 0 saturated carbocycles. The first kappa shape index (κ1) is 9.34. The molecular weight excluding hydrogens is 202 g/mol. The molecule has 0 unspecified atom stereocenters. The molecule has 0 amide bonds. The fraction of sp³-hybridized carbons (Fsp3) is 0. The van der Waals surface area contributed by atoms with Gasteiger partial charge in [-0.05, 0) is 12.1 Å². The van der Waals surface area contributed by atoms with Crippen LogP contribution in [0.1, 0.15) is 5.89 Å². The SMILES string of the molecule is N#Cc1ncc(-c2ccc(F)cc2F)o1. The molecule has 0 aliphatic rings. The van der Waals surface area contributed by atoms with Crippen molar-refractivity contribution in [3.8, 4) is 17.4 Å². The van der Waals surface area contributed by atoms with Gasteiger partial charge in [-0.3, -0.25) is 0 Å². The fourth-order valence-corrected chi connectivity index (χ4v) is 1.14. The predicted octanol–water partition coefficient (Wildman–Crippen LogP) is 2.49. The van der Waals surface area contributed by atoms with E-state index in [2.05, 4.69) is 4.98 Å².